The second kappa shape index (κ2) is 6.13. The fraction of sp³-hybridized carbons (Fsp3) is 0.625. The predicted molar refractivity (Wildman–Crippen MR) is 85.5 cm³/mol. The lowest BCUT2D eigenvalue weighted by Crippen LogP contribution is -2.18. The molecule has 1 aromatic rings. The number of rotatable bonds is 4. The Morgan fingerprint density at radius 3 is 2.65 bits per heavy atom. The third-order valence-electron chi connectivity index (χ3n) is 3.63. The normalized spacial score (nSPS) is 15.3. The molecule has 0 fully saturated rings. The van der Waals surface area contributed by atoms with E-state index in [1.807, 2.05) is 6.92 Å². The highest BCUT2D eigenvalue weighted by molar-refractivity contribution is 6.30. The highest BCUT2D eigenvalue weighted by Crippen LogP contribution is 2.26. The van der Waals surface area contributed by atoms with E-state index in [9.17, 15) is 0 Å². The molecule has 1 aromatic heterocycles. The SMILES string of the molecule is Cc1c(Cl)nc(C(C)(C)C)nc1NCCC1=CCCC1. The quantitative estimate of drug-likeness (QED) is 0.649. The van der Waals surface area contributed by atoms with Crippen molar-refractivity contribution in [3.8, 4) is 0 Å². The average molecular weight is 294 g/mol. The monoisotopic (exact) mass is 293 g/mol. The van der Waals surface area contributed by atoms with Gasteiger partial charge >= 0.3 is 0 Å². The summed E-state index contributed by atoms with van der Waals surface area (Å²) in [6, 6.07) is 0. The summed E-state index contributed by atoms with van der Waals surface area (Å²) in [7, 11) is 0. The molecule has 0 spiro atoms. The number of nitrogens with zero attached hydrogens (tertiary/aromatic N) is 2. The molecule has 20 heavy (non-hydrogen) atoms. The van der Waals surface area contributed by atoms with Crippen molar-refractivity contribution in [1.29, 1.82) is 0 Å². The van der Waals surface area contributed by atoms with Crippen molar-refractivity contribution in [2.24, 2.45) is 0 Å². The van der Waals surface area contributed by atoms with Gasteiger partial charge in [0.05, 0.1) is 0 Å². The van der Waals surface area contributed by atoms with E-state index >= 15 is 0 Å². The molecule has 0 aliphatic heterocycles. The molecule has 2 rings (SSSR count). The van der Waals surface area contributed by atoms with Crippen molar-refractivity contribution in [2.45, 2.75) is 58.8 Å². The minimum Gasteiger partial charge on any atom is -0.369 e. The number of nitrogens with one attached hydrogen (secondary N) is 1. The first-order valence-corrected chi connectivity index (χ1v) is 7.72. The van der Waals surface area contributed by atoms with Gasteiger partial charge in [0.15, 0.2) is 0 Å². The molecule has 0 amide bonds. The largest absolute Gasteiger partial charge is 0.369 e. The Bertz CT molecular complexity index is 515. The lowest BCUT2D eigenvalue weighted by atomic mass is 9.95. The zero-order chi connectivity index (χ0) is 14.8. The molecule has 110 valence electrons. The highest BCUT2D eigenvalue weighted by atomic mass is 35.5. The van der Waals surface area contributed by atoms with Crippen LogP contribution < -0.4 is 5.32 Å². The van der Waals surface area contributed by atoms with Gasteiger partial charge < -0.3 is 5.32 Å². The molecule has 3 nitrogen and oxygen atoms in total. The van der Waals surface area contributed by atoms with Crippen LogP contribution in [0.25, 0.3) is 0 Å². The predicted octanol–water partition coefficient (Wildman–Crippen LogP) is 4.65. The van der Waals surface area contributed by atoms with Gasteiger partial charge in [0.2, 0.25) is 0 Å². The van der Waals surface area contributed by atoms with Gasteiger partial charge in [-0.2, -0.15) is 0 Å². The zero-order valence-corrected chi connectivity index (χ0v) is 13.6. The topological polar surface area (TPSA) is 37.8 Å². The number of anilines is 1. The van der Waals surface area contributed by atoms with Gasteiger partial charge in [-0.15, -0.1) is 0 Å². The van der Waals surface area contributed by atoms with Gasteiger partial charge in [0.1, 0.15) is 16.8 Å². The van der Waals surface area contributed by atoms with Gasteiger partial charge in [-0.3, -0.25) is 0 Å². The van der Waals surface area contributed by atoms with Crippen LogP contribution in [0.15, 0.2) is 11.6 Å². The Kier molecular flexibility index (Phi) is 4.69. The summed E-state index contributed by atoms with van der Waals surface area (Å²) in [5.74, 6) is 1.66. The number of aromatic nitrogens is 2. The molecule has 0 saturated carbocycles. The first-order chi connectivity index (χ1) is 9.38. The van der Waals surface area contributed by atoms with E-state index in [1.54, 1.807) is 5.57 Å². The van der Waals surface area contributed by atoms with Crippen molar-refractivity contribution in [1.82, 2.24) is 9.97 Å². The van der Waals surface area contributed by atoms with Crippen molar-refractivity contribution in [2.75, 3.05) is 11.9 Å². The zero-order valence-electron chi connectivity index (χ0n) is 12.9. The minimum absolute atomic E-state index is 0.0955. The summed E-state index contributed by atoms with van der Waals surface area (Å²) < 4.78 is 0. The fourth-order valence-electron chi connectivity index (χ4n) is 2.30. The summed E-state index contributed by atoms with van der Waals surface area (Å²) >= 11 is 6.23. The number of hydrogen-bond acceptors (Lipinski definition) is 3. The van der Waals surface area contributed by atoms with E-state index in [0.717, 1.165) is 30.2 Å². The van der Waals surface area contributed by atoms with E-state index in [4.69, 9.17) is 11.6 Å². The Balaban J connectivity index is 2.08. The average Bonchev–Trinajstić information content (AvgIpc) is 2.86. The Labute approximate surface area is 126 Å². The molecule has 1 N–H and O–H groups in total. The molecule has 1 aliphatic carbocycles. The van der Waals surface area contributed by atoms with Gasteiger partial charge in [-0.1, -0.05) is 44.0 Å². The van der Waals surface area contributed by atoms with Crippen LogP contribution in [-0.4, -0.2) is 16.5 Å². The van der Waals surface area contributed by atoms with Gasteiger partial charge in [0, 0.05) is 17.5 Å². The van der Waals surface area contributed by atoms with E-state index in [0.29, 0.717) is 5.15 Å². The lowest BCUT2D eigenvalue weighted by Gasteiger charge is -2.19. The fourth-order valence-corrected chi connectivity index (χ4v) is 2.47. The maximum absolute atomic E-state index is 6.23. The van der Waals surface area contributed by atoms with E-state index in [-0.39, 0.29) is 5.41 Å². The van der Waals surface area contributed by atoms with Crippen LogP contribution in [-0.2, 0) is 5.41 Å². The van der Waals surface area contributed by atoms with Crippen molar-refractivity contribution < 1.29 is 0 Å². The molecule has 0 unspecified atom stereocenters. The van der Waals surface area contributed by atoms with Crippen molar-refractivity contribution in [3.05, 3.63) is 28.2 Å². The standard InChI is InChI=1S/C16H24ClN3/c1-11-13(17)19-15(16(2,3)4)20-14(11)18-10-9-12-7-5-6-8-12/h7H,5-6,8-10H2,1-4H3,(H,18,19,20). The number of halogens is 1. The summed E-state index contributed by atoms with van der Waals surface area (Å²) in [6.07, 6.45) is 7.25. The van der Waals surface area contributed by atoms with E-state index in [2.05, 4.69) is 42.1 Å². The molecule has 1 aliphatic rings. The second-order valence-corrected chi connectivity index (χ2v) is 6.85. The molecular formula is C16H24ClN3. The van der Waals surface area contributed by atoms with Gasteiger partial charge in [0.25, 0.3) is 0 Å². The molecule has 0 radical (unpaired) electrons. The molecule has 1 heterocycles. The van der Waals surface area contributed by atoms with Crippen LogP contribution in [0.4, 0.5) is 5.82 Å². The Morgan fingerprint density at radius 2 is 2.05 bits per heavy atom. The summed E-state index contributed by atoms with van der Waals surface area (Å²) in [6.45, 7) is 9.17. The third kappa shape index (κ3) is 3.72. The Morgan fingerprint density at radius 1 is 1.30 bits per heavy atom. The molecule has 0 bridgehead atoms. The van der Waals surface area contributed by atoms with Crippen LogP contribution in [0.1, 0.15) is 57.8 Å². The van der Waals surface area contributed by atoms with Crippen LogP contribution >= 0.6 is 11.6 Å². The third-order valence-corrected chi connectivity index (χ3v) is 4.00. The van der Waals surface area contributed by atoms with Gasteiger partial charge in [-0.05, 0) is 32.6 Å². The maximum Gasteiger partial charge on any atom is 0.137 e. The molecule has 0 atom stereocenters. The smallest absolute Gasteiger partial charge is 0.137 e. The first kappa shape index (κ1) is 15.3. The van der Waals surface area contributed by atoms with Crippen LogP contribution in [0.3, 0.4) is 0 Å². The van der Waals surface area contributed by atoms with E-state index < -0.39 is 0 Å². The van der Waals surface area contributed by atoms with E-state index in [1.165, 1.54) is 19.3 Å². The summed E-state index contributed by atoms with van der Waals surface area (Å²) in [4.78, 5) is 9.04. The minimum atomic E-state index is -0.0955. The maximum atomic E-state index is 6.23. The first-order valence-electron chi connectivity index (χ1n) is 7.34. The van der Waals surface area contributed by atoms with Gasteiger partial charge in [-0.25, -0.2) is 9.97 Å². The highest BCUT2D eigenvalue weighted by Gasteiger charge is 2.20. The van der Waals surface area contributed by atoms with Crippen LogP contribution in [0, 0.1) is 6.92 Å². The molecule has 0 saturated heterocycles. The lowest BCUT2D eigenvalue weighted by molar-refractivity contribution is 0.545. The van der Waals surface area contributed by atoms with Crippen LogP contribution in [0.5, 0.6) is 0 Å². The molecule has 0 aromatic carbocycles. The van der Waals surface area contributed by atoms with Crippen LogP contribution in [0.2, 0.25) is 5.15 Å². The second-order valence-electron chi connectivity index (χ2n) is 6.49. The molecular weight excluding hydrogens is 270 g/mol. The van der Waals surface area contributed by atoms with Crippen molar-refractivity contribution in [3.63, 3.8) is 0 Å². The number of hydrogen-bond donors (Lipinski definition) is 1. The molecule has 4 heteroatoms. The number of allylic oxidation sites excluding steroid dienone is 1. The van der Waals surface area contributed by atoms with Crippen molar-refractivity contribution >= 4 is 17.4 Å². The summed E-state index contributed by atoms with van der Waals surface area (Å²) in [5, 5.41) is 3.97. The Hall–Kier alpha value is -1.09. The summed E-state index contributed by atoms with van der Waals surface area (Å²) in [5.41, 5.74) is 2.40.